The summed E-state index contributed by atoms with van der Waals surface area (Å²) >= 11 is 0. The van der Waals surface area contributed by atoms with Crippen LogP contribution in [-0.2, 0) is 17.9 Å². The molecule has 1 N–H and O–H groups in total. The maximum atomic E-state index is 13.9. The van der Waals surface area contributed by atoms with Gasteiger partial charge in [0.1, 0.15) is 19.3 Å². The van der Waals surface area contributed by atoms with Crippen LogP contribution in [0.3, 0.4) is 0 Å². The van der Waals surface area contributed by atoms with Gasteiger partial charge in [0, 0.05) is 24.8 Å². The van der Waals surface area contributed by atoms with E-state index in [1.54, 1.807) is 0 Å². The normalized spacial score (nSPS) is 13.3. The van der Waals surface area contributed by atoms with Crippen molar-refractivity contribution in [2.75, 3.05) is 18.5 Å². The summed E-state index contributed by atoms with van der Waals surface area (Å²) < 4.78 is 11.3. The minimum atomic E-state index is -0.496. The fourth-order valence-electron chi connectivity index (χ4n) is 4.37. The van der Waals surface area contributed by atoms with Crippen LogP contribution >= 0.6 is 0 Å². The molecule has 5 nitrogen and oxygen atoms in total. The Morgan fingerprint density at radius 2 is 1.26 bits per heavy atom. The van der Waals surface area contributed by atoms with Crippen LogP contribution in [0.15, 0.2) is 109 Å². The molecule has 5 rings (SSSR count). The Morgan fingerprint density at radius 1 is 0.714 bits per heavy atom. The molecule has 4 aromatic rings. The molecule has 0 bridgehead atoms. The fourth-order valence-corrected chi connectivity index (χ4v) is 4.37. The van der Waals surface area contributed by atoms with Crippen molar-refractivity contribution in [3.8, 4) is 11.5 Å². The zero-order valence-electron chi connectivity index (χ0n) is 19.5. The van der Waals surface area contributed by atoms with Crippen molar-refractivity contribution < 1.29 is 14.3 Å². The summed E-state index contributed by atoms with van der Waals surface area (Å²) in [5.74, 6) is 1.25. The Bertz CT molecular complexity index is 1210. The van der Waals surface area contributed by atoms with Gasteiger partial charge >= 0.3 is 0 Å². The third-order valence-corrected chi connectivity index (χ3v) is 6.00. The topological polar surface area (TPSA) is 50.8 Å². The predicted octanol–water partition coefficient (Wildman–Crippen LogP) is 5.84. The summed E-state index contributed by atoms with van der Waals surface area (Å²) in [5, 5.41) is 3.13. The second kappa shape index (κ2) is 10.9. The lowest BCUT2D eigenvalue weighted by atomic mass is 10.0. The van der Waals surface area contributed by atoms with Crippen molar-refractivity contribution in [2.45, 2.75) is 19.1 Å². The Balaban J connectivity index is 1.48. The van der Waals surface area contributed by atoms with Gasteiger partial charge in [-0.05, 0) is 28.8 Å². The van der Waals surface area contributed by atoms with Crippen LogP contribution in [-0.4, -0.2) is 24.0 Å². The molecular formula is C30H28N2O3. The molecule has 1 heterocycles. The van der Waals surface area contributed by atoms with E-state index in [4.69, 9.17) is 9.47 Å². The molecule has 4 aromatic carbocycles. The Hall–Kier alpha value is -4.09. The highest BCUT2D eigenvalue weighted by Crippen LogP contribution is 2.34. The van der Waals surface area contributed by atoms with Crippen LogP contribution in [0.5, 0.6) is 11.5 Å². The first-order valence-electron chi connectivity index (χ1n) is 11.8. The van der Waals surface area contributed by atoms with E-state index >= 15 is 0 Å². The van der Waals surface area contributed by atoms with Crippen molar-refractivity contribution >= 4 is 11.6 Å². The monoisotopic (exact) mass is 464 g/mol. The van der Waals surface area contributed by atoms with Gasteiger partial charge in [0.2, 0.25) is 5.91 Å². The number of fused-ring (bicyclic) bond motifs is 1. The molecule has 0 aromatic heterocycles. The maximum absolute atomic E-state index is 13.9. The van der Waals surface area contributed by atoms with Crippen molar-refractivity contribution in [1.82, 2.24) is 4.90 Å². The number of benzene rings is 4. The van der Waals surface area contributed by atoms with Gasteiger partial charge in [0.15, 0.2) is 11.5 Å². The molecule has 1 aliphatic heterocycles. The number of carbonyl (C=O) groups excluding carboxylic acids is 1. The number of hydrogen-bond acceptors (Lipinski definition) is 4. The van der Waals surface area contributed by atoms with Crippen molar-refractivity contribution in [1.29, 1.82) is 0 Å². The van der Waals surface area contributed by atoms with Crippen LogP contribution in [0.2, 0.25) is 0 Å². The molecule has 1 amide bonds. The summed E-state index contributed by atoms with van der Waals surface area (Å²) in [6.45, 7) is 2.29. The third kappa shape index (κ3) is 5.70. The van der Waals surface area contributed by atoms with E-state index in [0.29, 0.717) is 43.5 Å². The second-order valence-corrected chi connectivity index (χ2v) is 8.54. The van der Waals surface area contributed by atoms with E-state index in [-0.39, 0.29) is 5.91 Å². The molecule has 0 radical (unpaired) electrons. The highest BCUT2D eigenvalue weighted by atomic mass is 16.6. The molecule has 0 saturated heterocycles. The Labute approximate surface area is 205 Å². The highest BCUT2D eigenvalue weighted by Gasteiger charge is 2.28. The largest absolute Gasteiger partial charge is 0.486 e. The van der Waals surface area contributed by atoms with Crippen LogP contribution in [0, 0.1) is 0 Å². The summed E-state index contributed by atoms with van der Waals surface area (Å²) in [6.07, 6.45) is 0. The van der Waals surface area contributed by atoms with Gasteiger partial charge in [-0.1, -0.05) is 91.0 Å². The highest BCUT2D eigenvalue weighted by molar-refractivity contribution is 5.95. The zero-order valence-corrected chi connectivity index (χ0v) is 19.5. The number of nitrogens with one attached hydrogen (secondary N) is 1. The number of hydrogen-bond donors (Lipinski definition) is 1. The van der Waals surface area contributed by atoms with Crippen molar-refractivity contribution in [2.24, 2.45) is 0 Å². The zero-order chi connectivity index (χ0) is 23.9. The van der Waals surface area contributed by atoms with Crippen molar-refractivity contribution in [3.05, 3.63) is 126 Å². The van der Waals surface area contributed by atoms with Gasteiger partial charge in [0.25, 0.3) is 0 Å². The summed E-state index contributed by atoms with van der Waals surface area (Å²) in [5.41, 5.74) is 3.92. The summed E-state index contributed by atoms with van der Waals surface area (Å²) in [7, 11) is 0. The van der Waals surface area contributed by atoms with Gasteiger partial charge in [-0.25, -0.2) is 0 Å². The molecule has 1 atom stereocenters. The lowest BCUT2D eigenvalue weighted by Gasteiger charge is -2.31. The predicted molar refractivity (Wildman–Crippen MR) is 137 cm³/mol. The van der Waals surface area contributed by atoms with Gasteiger partial charge in [0.05, 0.1) is 0 Å². The molecule has 176 valence electrons. The van der Waals surface area contributed by atoms with Crippen molar-refractivity contribution in [3.63, 3.8) is 0 Å². The third-order valence-electron chi connectivity index (χ3n) is 6.00. The number of rotatable bonds is 8. The molecule has 35 heavy (non-hydrogen) atoms. The van der Waals surface area contributed by atoms with E-state index < -0.39 is 6.04 Å². The average molecular weight is 465 g/mol. The van der Waals surface area contributed by atoms with E-state index in [9.17, 15) is 4.79 Å². The lowest BCUT2D eigenvalue weighted by Crippen LogP contribution is -2.36. The first kappa shape index (κ1) is 22.7. The number of amides is 1. The smallest absolute Gasteiger partial charge is 0.246 e. The molecule has 1 unspecified atom stereocenters. The van der Waals surface area contributed by atoms with E-state index in [0.717, 1.165) is 16.7 Å². The standard InChI is InChI=1S/C30H28N2O3/c33-30(31-26-16-17-27-28(20-26)35-19-18-34-27)29(25-14-8-3-9-15-25)32(21-23-10-4-1-5-11-23)22-24-12-6-2-7-13-24/h1-17,20,29H,18-19,21-22H2,(H,31,33). The second-order valence-electron chi connectivity index (χ2n) is 8.54. The van der Waals surface area contributed by atoms with E-state index in [2.05, 4.69) is 34.5 Å². The lowest BCUT2D eigenvalue weighted by molar-refractivity contribution is -0.122. The Morgan fingerprint density at radius 3 is 1.86 bits per heavy atom. The van der Waals surface area contributed by atoms with Crippen LogP contribution in [0.1, 0.15) is 22.7 Å². The number of anilines is 1. The van der Waals surface area contributed by atoms with E-state index in [1.165, 1.54) is 0 Å². The quantitative estimate of drug-likeness (QED) is 0.356. The molecule has 0 aliphatic carbocycles. The van der Waals surface area contributed by atoms with Gasteiger partial charge < -0.3 is 14.8 Å². The maximum Gasteiger partial charge on any atom is 0.246 e. The van der Waals surface area contributed by atoms with Gasteiger partial charge in [-0.15, -0.1) is 0 Å². The Kier molecular flexibility index (Phi) is 7.06. The van der Waals surface area contributed by atoms with Crippen LogP contribution in [0.4, 0.5) is 5.69 Å². The van der Waals surface area contributed by atoms with Gasteiger partial charge in [-0.3, -0.25) is 9.69 Å². The van der Waals surface area contributed by atoms with Crippen LogP contribution in [0.25, 0.3) is 0 Å². The fraction of sp³-hybridized carbons (Fsp3) is 0.167. The molecular weight excluding hydrogens is 436 g/mol. The molecule has 0 fully saturated rings. The number of ether oxygens (including phenoxy) is 2. The minimum Gasteiger partial charge on any atom is -0.486 e. The summed E-state index contributed by atoms with van der Waals surface area (Å²) in [6, 6.07) is 35.5. The molecule has 0 spiro atoms. The van der Waals surface area contributed by atoms with E-state index in [1.807, 2.05) is 84.9 Å². The SMILES string of the molecule is O=C(Nc1ccc2c(c1)OCCO2)C(c1ccccc1)N(Cc1ccccc1)Cc1ccccc1. The number of carbonyl (C=O) groups is 1. The van der Waals surface area contributed by atoms with Gasteiger partial charge in [-0.2, -0.15) is 0 Å². The minimum absolute atomic E-state index is 0.0975. The summed E-state index contributed by atoms with van der Waals surface area (Å²) in [4.78, 5) is 16.1. The molecule has 5 heteroatoms. The number of nitrogens with zero attached hydrogens (tertiary/aromatic N) is 1. The first-order chi connectivity index (χ1) is 17.3. The molecule has 0 saturated carbocycles. The first-order valence-corrected chi connectivity index (χ1v) is 11.8. The molecule has 1 aliphatic rings. The van der Waals surface area contributed by atoms with Crippen LogP contribution < -0.4 is 14.8 Å². The average Bonchev–Trinajstić information content (AvgIpc) is 2.90.